The lowest BCUT2D eigenvalue weighted by atomic mass is 9.84. The van der Waals surface area contributed by atoms with E-state index in [2.05, 4.69) is 0 Å². The van der Waals surface area contributed by atoms with Gasteiger partial charge in [0.1, 0.15) is 0 Å². The topological polar surface area (TPSA) is 82.1 Å². The van der Waals surface area contributed by atoms with Gasteiger partial charge >= 0.3 is 11.9 Å². The fourth-order valence-electron chi connectivity index (χ4n) is 1.55. The molecule has 0 aliphatic rings. The van der Waals surface area contributed by atoms with Crippen LogP contribution in [0.3, 0.4) is 0 Å². The van der Waals surface area contributed by atoms with Gasteiger partial charge in [-0.15, -0.1) is 0 Å². The molecule has 6 heteroatoms. The van der Waals surface area contributed by atoms with E-state index in [1.54, 1.807) is 13.8 Å². The van der Waals surface area contributed by atoms with Crippen LogP contribution in [0.5, 0.6) is 0 Å². The molecule has 0 radical (unpaired) electrons. The van der Waals surface area contributed by atoms with Gasteiger partial charge in [-0.3, -0.25) is 9.59 Å². The number of aliphatic hydroxyl groups is 1. The van der Waals surface area contributed by atoms with E-state index < -0.39 is 23.5 Å². The first-order valence-electron chi connectivity index (χ1n) is 5.93. The largest absolute Gasteiger partial charge is 0.465 e. The Morgan fingerprint density at radius 1 is 1.17 bits per heavy atom. The van der Waals surface area contributed by atoms with Crippen molar-refractivity contribution in [1.29, 1.82) is 0 Å². The molecule has 18 heavy (non-hydrogen) atoms. The summed E-state index contributed by atoms with van der Waals surface area (Å²) in [6.07, 6.45) is -1.03. The average molecular weight is 262 g/mol. The van der Waals surface area contributed by atoms with Gasteiger partial charge in [-0.25, -0.2) is 0 Å². The number of carbonyl (C=O) groups excluding carboxylic acids is 2. The number of hydrogen-bond donors (Lipinski definition) is 1. The second kappa shape index (κ2) is 8.05. The van der Waals surface area contributed by atoms with E-state index in [1.165, 1.54) is 14.0 Å². The van der Waals surface area contributed by atoms with Crippen LogP contribution in [-0.2, 0) is 23.8 Å². The summed E-state index contributed by atoms with van der Waals surface area (Å²) in [6.45, 7) is 5.06. The van der Waals surface area contributed by atoms with Crippen molar-refractivity contribution in [3.8, 4) is 0 Å². The Balaban J connectivity index is 4.90. The summed E-state index contributed by atoms with van der Waals surface area (Å²) in [6, 6.07) is 0. The van der Waals surface area contributed by atoms with E-state index in [4.69, 9.17) is 14.2 Å². The maximum Gasteiger partial charge on any atom is 0.323 e. The Hall–Kier alpha value is -1.14. The molecule has 6 nitrogen and oxygen atoms in total. The van der Waals surface area contributed by atoms with E-state index in [1.807, 2.05) is 0 Å². The minimum atomic E-state index is -1.51. The first-order chi connectivity index (χ1) is 8.42. The Morgan fingerprint density at radius 3 is 1.94 bits per heavy atom. The summed E-state index contributed by atoms with van der Waals surface area (Å²) in [5.41, 5.74) is -1.51. The lowest BCUT2D eigenvalue weighted by Crippen LogP contribution is -2.42. The predicted molar refractivity (Wildman–Crippen MR) is 63.9 cm³/mol. The highest BCUT2D eigenvalue weighted by Gasteiger charge is 2.45. The third kappa shape index (κ3) is 4.62. The molecule has 0 amide bonds. The molecule has 0 aromatic carbocycles. The van der Waals surface area contributed by atoms with Gasteiger partial charge in [-0.2, -0.15) is 0 Å². The summed E-state index contributed by atoms with van der Waals surface area (Å²) < 4.78 is 14.5. The van der Waals surface area contributed by atoms with E-state index in [9.17, 15) is 14.7 Å². The van der Waals surface area contributed by atoms with E-state index in [-0.39, 0.29) is 26.2 Å². The molecule has 1 N–H and O–H groups in total. The van der Waals surface area contributed by atoms with E-state index in [0.717, 1.165) is 0 Å². The molecule has 0 aliphatic heterocycles. The maximum absolute atomic E-state index is 11.8. The minimum Gasteiger partial charge on any atom is -0.465 e. The number of rotatable bonds is 8. The lowest BCUT2D eigenvalue weighted by Gasteiger charge is -2.26. The van der Waals surface area contributed by atoms with Crippen LogP contribution in [0.4, 0.5) is 0 Å². The number of carbonyl (C=O) groups is 2. The molecule has 0 heterocycles. The van der Waals surface area contributed by atoms with Crippen molar-refractivity contribution in [2.45, 2.75) is 33.3 Å². The standard InChI is InChI=1S/C12H22O6/c1-5-17-10(14)12(3,11(15)18-6-2)7-9(13)8-16-4/h9,13H,5-8H2,1-4H3. The molecule has 0 rings (SSSR count). The van der Waals surface area contributed by atoms with Gasteiger partial charge in [0.2, 0.25) is 0 Å². The number of aliphatic hydroxyl groups excluding tert-OH is 1. The molecule has 0 spiro atoms. The number of ether oxygens (including phenoxy) is 3. The van der Waals surface area contributed by atoms with Crippen molar-refractivity contribution in [3.63, 3.8) is 0 Å². The predicted octanol–water partition coefficient (Wildman–Crippen LogP) is 0.516. The SMILES string of the molecule is CCOC(=O)C(C)(CC(O)COC)C(=O)OCC. The van der Waals surface area contributed by atoms with Crippen LogP contribution in [0.2, 0.25) is 0 Å². The Kier molecular flexibility index (Phi) is 7.54. The molecule has 1 atom stereocenters. The zero-order chi connectivity index (χ0) is 14.2. The van der Waals surface area contributed by atoms with Crippen molar-refractivity contribution >= 4 is 11.9 Å². The van der Waals surface area contributed by atoms with Gasteiger partial charge in [0, 0.05) is 13.5 Å². The Labute approximate surface area is 107 Å². The van der Waals surface area contributed by atoms with Crippen LogP contribution in [0.1, 0.15) is 27.2 Å². The fraction of sp³-hybridized carbons (Fsp3) is 0.833. The van der Waals surface area contributed by atoms with Crippen LogP contribution in [-0.4, -0.2) is 50.1 Å². The van der Waals surface area contributed by atoms with Gasteiger partial charge in [-0.1, -0.05) is 0 Å². The van der Waals surface area contributed by atoms with Gasteiger partial charge in [0.25, 0.3) is 0 Å². The molecular weight excluding hydrogens is 240 g/mol. The lowest BCUT2D eigenvalue weighted by molar-refractivity contribution is -0.173. The highest BCUT2D eigenvalue weighted by atomic mass is 16.6. The molecule has 0 aromatic heterocycles. The second-order valence-corrected chi connectivity index (χ2v) is 4.09. The molecule has 1 unspecified atom stereocenters. The van der Waals surface area contributed by atoms with E-state index >= 15 is 0 Å². The third-order valence-electron chi connectivity index (χ3n) is 2.45. The molecular formula is C12H22O6. The average Bonchev–Trinajstić information content (AvgIpc) is 2.29. The van der Waals surface area contributed by atoms with Gasteiger partial charge in [-0.05, 0) is 20.8 Å². The molecule has 0 fully saturated rings. The Bertz CT molecular complexity index is 258. The van der Waals surface area contributed by atoms with Crippen LogP contribution >= 0.6 is 0 Å². The zero-order valence-electron chi connectivity index (χ0n) is 11.4. The number of hydrogen-bond acceptors (Lipinski definition) is 6. The molecule has 0 aliphatic carbocycles. The summed E-state index contributed by atoms with van der Waals surface area (Å²) in [5, 5.41) is 9.68. The van der Waals surface area contributed by atoms with Crippen LogP contribution in [0, 0.1) is 5.41 Å². The van der Waals surface area contributed by atoms with Crippen LogP contribution < -0.4 is 0 Å². The second-order valence-electron chi connectivity index (χ2n) is 4.09. The first kappa shape index (κ1) is 16.9. The molecule has 0 saturated carbocycles. The maximum atomic E-state index is 11.8. The first-order valence-corrected chi connectivity index (χ1v) is 5.93. The van der Waals surface area contributed by atoms with Gasteiger partial charge in [0.15, 0.2) is 5.41 Å². The summed E-state index contributed by atoms with van der Waals surface area (Å²) in [4.78, 5) is 23.7. The molecule has 0 saturated heterocycles. The van der Waals surface area contributed by atoms with Gasteiger partial charge in [0.05, 0.1) is 25.9 Å². The van der Waals surface area contributed by atoms with Crippen molar-refractivity contribution in [2.24, 2.45) is 5.41 Å². The summed E-state index contributed by atoms with van der Waals surface area (Å²) in [7, 11) is 1.43. The number of methoxy groups -OCH3 is 1. The summed E-state index contributed by atoms with van der Waals surface area (Å²) in [5.74, 6) is -1.39. The van der Waals surface area contributed by atoms with Crippen LogP contribution in [0.25, 0.3) is 0 Å². The quantitative estimate of drug-likeness (QED) is 0.507. The Morgan fingerprint density at radius 2 is 1.61 bits per heavy atom. The number of esters is 2. The minimum absolute atomic E-state index is 0.0361. The van der Waals surface area contributed by atoms with Crippen molar-refractivity contribution in [3.05, 3.63) is 0 Å². The van der Waals surface area contributed by atoms with Crippen LogP contribution in [0.15, 0.2) is 0 Å². The van der Waals surface area contributed by atoms with E-state index in [0.29, 0.717) is 0 Å². The fourth-order valence-corrected chi connectivity index (χ4v) is 1.55. The highest BCUT2D eigenvalue weighted by Crippen LogP contribution is 2.27. The molecule has 0 bridgehead atoms. The van der Waals surface area contributed by atoms with Gasteiger partial charge < -0.3 is 19.3 Å². The monoisotopic (exact) mass is 262 g/mol. The van der Waals surface area contributed by atoms with Crippen molar-refractivity contribution < 1.29 is 28.9 Å². The smallest absolute Gasteiger partial charge is 0.323 e. The molecule has 0 aromatic rings. The summed E-state index contributed by atoms with van der Waals surface area (Å²) >= 11 is 0. The van der Waals surface area contributed by atoms with Crippen molar-refractivity contribution in [2.75, 3.05) is 26.9 Å². The zero-order valence-corrected chi connectivity index (χ0v) is 11.4. The third-order valence-corrected chi connectivity index (χ3v) is 2.45. The normalized spacial score (nSPS) is 12.9. The highest BCUT2D eigenvalue weighted by molar-refractivity contribution is 5.99. The molecule has 106 valence electrons. The van der Waals surface area contributed by atoms with Crippen molar-refractivity contribution in [1.82, 2.24) is 0 Å².